The van der Waals surface area contributed by atoms with Crippen LogP contribution in [0.4, 0.5) is 0 Å². The molecule has 0 saturated heterocycles. The molecule has 426 valence electrons. The average Bonchev–Trinajstić information content (AvgIpc) is 3.33. The molecule has 8 nitrogen and oxygen atoms in total. The van der Waals surface area contributed by atoms with Crippen LogP contribution >= 0.6 is 7.82 Å². The Balaban J connectivity index is 4.05. The summed E-state index contributed by atoms with van der Waals surface area (Å²) in [5.41, 5.74) is 0. The Labute approximate surface area is 444 Å². The van der Waals surface area contributed by atoms with Crippen molar-refractivity contribution in [2.24, 2.45) is 0 Å². The number of hydrogen-bond acceptors (Lipinski definition) is 6. The molecule has 0 spiro atoms. The molecule has 0 aromatic carbocycles. The molecule has 0 saturated carbocycles. The minimum Gasteiger partial charge on any atom is -0.756 e. The summed E-state index contributed by atoms with van der Waals surface area (Å²) < 4.78 is 23.5. The third kappa shape index (κ3) is 57.1. The number of hydrogen-bond donors (Lipinski definition) is 2. The van der Waals surface area contributed by atoms with Gasteiger partial charge < -0.3 is 28.8 Å². The molecule has 2 N–H and O–H groups in total. The fourth-order valence-corrected chi connectivity index (χ4v) is 10.8. The Hall–Kier alpha value is -0.500. The maximum atomic E-state index is 13.0. The summed E-state index contributed by atoms with van der Waals surface area (Å²) in [6.45, 7) is 4.79. The number of aliphatic hydroxyl groups excluding tert-OH is 1. The Morgan fingerprint density at radius 2 is 0.690 bits per heavy atom. The van der Waals surface area contributed by atoms with Crippen LogP contribution in [-0.2, 0) is 18.4 Å². The van der Waals surface area contributed by atoms with Crippen molar-refractivity contribution in [2.75, 3.05) is 40.9 Å². The second kappa shape index (κ2) is 54.3. The highest BCUT2D eigenvalue weighted by Crippen LogP contribution is 2.38. The predicted molar refractivity (Wildman–Crippen MR) is 307 cm³/mol. The van der Waals surface area contributed by atoms with Gasteiger partial charge >= 0.3 is 0 Å². The normalized spacial score (nSPS) is 13.7. The van der Waals surface area contributed by atoms with Gasteiger partial charge in [-0.05, 0) is 12.8 Å². The van der Waals surface area contributed by atoms with Crippen molar-refractivity contribution >= 4 is 13.7 Å². The van der Waals surface area contributed by atoms with Crippen molar-refractivity contribution < 1.29 is 32.9 Å². The number of phosphoric acid groups is 1. The second-order valence-electron chi connectivity index (χ2n) is 23.5. The molecule has 0 heterocycles. The van der Waals surface area contributed by atoms with E-state index in [1.807, 2.05) is 21.1 Å². The van der Waals surface area contributed by atoms with E-state index in [-0.39, 0.29) is 19.1 Å². The van der Waals surface area contributed by atoms with Gasteiger partial charge in [-0.15, -0.1) is 0 Å². The number of aliphatic hydroxyl groups is 1. The minimum atomic E-state index is -4.57. The van der Waals surface area contributed by atoms with Crippen LogP contribution in [0.2, 0.25) is 0 Å². The van der Waals surface area contributed by atoms with Gasteiger partial charge in [0, 0.05) is 6.42 Å². The van der Waals surface area contributed by atoms with Crippen LogP contribution in [0.5, 0.6) is 0 Å². The standard InChI is InChI=1S/C62H127N2O6P/c1-6-8-10-12-14-16-18-20-22-24-26-28-30-31-32-33-34-35-37-39-41-43-45-47-49-51-53-55-61(65)60(59-70-71(67,68)69-58-57-64(3,4)5)63-62(66)56-54-52-50-48-46-44-42-40-38-36-29-27-25-23-21-19-17-15-13-11-9-7-2/h60-61,65H,6-59H2,1-5H3,(H-,63,66,67,68). The van der Waals surface area contributed by atoms with Crippen molar-refractivity contribution in [2.45, 2.75) is 353 Å². The van der Waals surface area contributed by atoms with Crippen LogP contribution in [0, 0.1) is 0 Å². The Bertz CT molecular complexity index is 1120. The summed E-state index contributed by atoms with van der Waals surface area (Å²) in [5, 5.41) is 14.1. The lowest BCUT2D eigenvalue weighted by atomic mass is 10.0. The first-order valence-electron chi connectivity index (χ1n) is 31.9. The third-order valence-corrected chi connectivity index (χ3v) is 16.1. The number of carbonyl (C=O) groups is 1. The summed E-state index contributed by atoms with van der Waals surface area (Å²) in [6.07, 6.45) is 65.8. The van der Waals surface area contributed by atoms with Gasteiger partial charge in [0.05, 0.1) is 39.9 Å². The van der Waals surface area contributed by atoms with Crippen LogP contribution in [0.25, 0.3) is 0 Å². The van der Waals surface area contributed by atoms with E-state index >= 15 is 0 Å². The van der Waals surface area contributed by atoms with E-state index in [1.54, 1.807) is 0 Å². The fraction of sp³-hybridized carbons (Fsp3) is 0.984. The molecular formula is C62H127N2O6P. The van der Waals surface area contributed by atoms with Crippen LogP contribution in [0.3, 0.4) is 0 Å². The van der Waals surface area contributed by atoms with Gasteiger partial charge in [0.25, 0.3) is 7.82 Å². The number of likely N-dealkylation sites (N-methyl/N-ethyl adjacent to an activating group) is 1. The molecule has 0 aromatic rings. The summed E-state index contributed by atoms with van der Waals surface area (Å²) in [5.74, 6) is -0.155. The number of rotatable bonds is 60. The summed E-state index contributed by atoms with van der Waals surface area (Å²) in [7, 11) is 1.33. The summed E-state index contributed by atoms with van der Waals surface area (Å²) >= 11 is 0. The zero-order valence-corrected chi connectivity index (χ0v) is 49.6. The van der Waals surface area contributed by atoms with Gasteiger partial charge in [0.15, 0.2) is 0 Å². The van der Waals surface area contributed by atoms with Gasteiger partial charge in [0.2, 0.25) is 5.91 Å². The molecule has 0 aliphatic rings. The minimum absolute atomic E-state index is 0.0168. The third-order valence-electron chi connectivity index (χ3n) is 15.1. The first-order valence-corrected chi connectivity index (χ1v) is 33.3. The van der Waals surface area contributed by atoms with E-state index < -0.39 is 20.0 Å². The second-order valence-corrected chi connectivity index (χ2v) is 24.9. The number of nitrogens with zero attached hydrogens (tertiary/aromatic N) is 1. The molecule has 9 heteroatoms. The molecule has 0 bridgehead atoms. The number of nitrogens with one attached hydrogen (secondary N) is 1. The highest BCUT2D eigenvalue weighted by Gasteiger charge is 2.24. The molecule has 0 fully saturated rings. The van der Waals surface area contributed by atoms with Gasteiger partial charge in [-0.2, -0.15) is 0 Å². The van der Waals surface area contributed by atoms with Gasteiger partial charge in [-0.1, -0.05) is 322 Å². The molecular weight excluding hydrogens is 900 g/mol. The maximum Gasteiger partial charge on any atom is 0.268 e. The Morgan fingerprint density at radius 3 is 0.958 bits per heavy atom. The molecule has 3 unspecified atom stereocenters. The van der Waals surface area contributed by atoms with E-state index in [4.69, 9.17) is 9.05 Å². The predicted octanol–water partition coefficient (Wildman–Crippen LogP) is 19.0. The van der Waals surface area contributed by atoms with Crippen molar-refractivity contribution in [3.05, 3.63) is 0 Å². The quantitative estimate of drug-likeness (QED) is 0.0357. The Morgan fingerprint density at radius 1 is 0.437 bits per heavy atom. The number of carbonyl (C=O) groups excluding carboxylic acids is 1. The van der Waals surface area contributed by atoms with Crippen molar-refractivity contribution in [1.82, 2.24) is 5.32 Å². The van der Waals surface area contributed by atoms with Crippen LogP contribution in [0.1, 0.15) is 341 Å². The van der Waals surface area contributed by atoms with Crippen LogP contribution < -0.4 is 10.2 Å². The van der Waals surface area contributed by atoms with E-state index in [0.717, 1.165) is 38.5 Å². The number of unbranched alkanes of at least 4 members (excludes halogenated alkanes) is 47. The lowest BCUT2D eigenvalue weighted by Crippen LogP contribution is -2.46. The highest BCUT2D eigenvalue weighted by atomic mass is 31.2. The first-order chi connectivity index (χ1) is 34.5. The molecule has 0 aliphatic carbocycles. The highest BCUT2D eigenvalue weighted by molar-refractivity contribution is 7.45. The zero-order chi connectivity index (χ0) is 52.0. The molecule has 71 heavy (non-hydrogen) atoms. The lowest BCUT2D eigenvalue weighted by Gasteiger charge is -2.30. The van der Waals surface area contributed by atoms with Crippen molar-refractivity contribution in [1.29, 1.82) is 0 Å². The monoisotopic (exact) mass is 1030 g/mol. The molecule has 3 atom stereocenters. The van der Waals surface area contributed by atoms with Gasteiger partial charge in [-0.25, -0.2) is 0 Å². The molecule has 1 amide bonds. The van der Waals surface area contributed by atoms with E-state index in [1.165, 1.54) is 276 Å². The zero-order valence-electron chi connectivity index (χ0n) is 48.7. The number of quaternary nitrogens is 1. The van der Waals surface area contributed by atoms with Crippen LogP contribution in [0.15, 0.2) is 0 Å². The molecule has 0 radical (unpaired) electrons. The Kier molecular flexibility index (Phi) is 53.9. The first kappa shape index (κ1) is 70.5. The smallest absolute Gasteiger partial charge is 0.268 e. The van der Waals surface area contributed by atoms with E-state index in [2.05, 4.69) is 19.2 Å². The van der Waals surface area contributed by atoms with Crippen molar-refractivity contribution in [3.63, 3.8) is 0 Å². The molecule has 0 aromatic heterocycles. The SMILES string of the molecule is CCCCCCCCCCCCCCCCCCCCCCCCCCCCCC(O)C(COP(=O)([O-])OCC[N+](C)(C)C)NC(=O)CCCCCCCCCCCCCCCCCCCCCCCC. The van der Waals surface area contributed by atoms with E-state index in [0.29, 0.717) is 23.9 Å². The maximum absolute atomic E-state index is 13.0. The van der Waals surface area contributed by atoms with Gasteiger partial charge in [-0.3, -0.25) is 9.36 Å². The van der Waals surface area contributed by atoms with Gasteiger partial charge in [0.1, 0.15) is 13.2 Å². The lowest BCUT2D eigenvalue weighted by molar-refractivity contribution is -0.870. The molecule has 0 rings (SSSR count). The topological polar surface area (TPSA) is 108 Å². The summed E-state index contributed by atoms with van der Waals surface area (Å²) in [4.78, 5) is 25.6. The fourth-order valence-electron chi connectivity index (χ4n) is 10.1. The number of amides is 1. The van der Waals surface area contributed by atoms with Crippen LogP contribution in [-0.4, -0.2) is 68.5 Å². The largest absolute Gasteiger partial charge is 0.756 e. The van der Waals surface area contributed by atoms with Crippen molar-refractivity contribution in [3.8, 4) is 0 Å². The molecule has 0 aliphatic heterocycles. The number of phosphoric ester groups is 1. The van der Waals surface area contributed by atoms with E-state index in [9.17, 15) is 19.4 Å². The average molecular weight is 1030 g/mol. The summed E-state index contributed by atoms with van der Waals surface area (Å²) in [6, 6.07) is -0.796.